The topological polar surface area (TPSA) is 56.3 Å². The Morgan fingerprint density at radius 1 is 1.39 bits per heavy atom. The fourth-order valence-corrected chi connectivity index (χ4v) is 3.46. The van der Waals surface area contributed by atoms with Gasteiger partial charge in [0.25, 0.3) is 0 Å². The van der Waals surface area contributed by atoms with Gasteiger partial charge in [-0.25, -0.2) is 4.39 Å². The molecule has 2 N–H and O–H groups in total. The largest absolute Gasteiger partial charge is 0.393 e. The number of benzene rings is 1. The van der Waals surface area contributed by atoms with Crippen molar-refractivity contribution >= 4 is 16.8 Å². The Bertz CT molecular complexity index is 697. The highest BCUT2D eigenvalue weighted by atomic mass is 19.1. The predicted octanol–water partition coefficient (Wildman–Crippen LogP) is 2.86. The number of fused-ring (bicyclic) bond motifs is 1. The summed E-state index contributed by atoms with van der Waals surface area (Å²) in [5, 5.41) is 10.9. The molecule has 1 aliphatic carbocycles. The Balaban J connectivity index is 1.65. The van der Waals surface area contributed by atoms with Gasteiger partial charge in [-0.2, -0.15) is 0 Å². The first-order valence-corrected chi connectivity index (χ1v) is 8.22. The van der Waals surface area contributed by atoms with Gasteiger partial charge in [-0.1, -0.05) is 12.8 Å². The molecular weight excluding hydrogens is 295 g/mol. The van der Waals surface area contributed by atoms with E-state index in [-0.39, 0.29) is 30.2 Å². The molecule has 2 aromatic rings. The minimum atomic E-state index is -0.296. The number of carbonyl (C=O) groups is 1. The summed E-state index contributed by atoms with van der Waals surface area (Å²) in [6.45, 7) is 0.594. The lowest BCUT2D eigenvalue weighted by Gasteiger charge is -2.31. The third kappa shape index (κ3) is 3.55. The van der Waals surface area contributed by atoms with E-state index in [9.17, 15) is 14.3 Å². The van der Waals surface area contributed by atoms with Gasteiger partial charge < -0.3 is 15.0 Å². The van der Waals surface area contributed by atoms with Crippen molar-refractivity contribution < 1.29 is 14.3 Å². The third-order valence-electron chi connectivity index (χ3n) is 4.87. The SMILES string of the molecule is CN(CC1CCCCC1O)C(=O)Cc1c[nH]c2cc(F)ccc12. The number of aromatic amines is 1. The van der Waals surface area contributed by atoms with Crippen molar-refractivity contribution in [2.24, 2.45) is 5.92 Å². The molecule has 5 heteroatoms. The number of amides is 1. The van der Waals surface area contributed by atoms with Gasteiger partial charge in [0.05, 0.1) is 12.5 Å². The maximum Gasteiger partial charge on any atom is 0.226 e. The molecular formula is C18H23FN2O2. The fourth-order valence-electron chi connectivity index (χ4n) is 3.46. The molecule has 1 aromatic carbocycles. The Hall–Kier alpha value is -1.88. The van der Waals surface area contributed by atoms with Crippen molar-refractivity contribution in [1.82, 2.24) is 9.88 Å². The van der Waals surface area contributed by atoms with Crippen LogP contribution in [0.4, 0.5) is 4.39 Å². The van der Waals surface area contributed by atoms with E-state index in [0.717, 1.165) is 36.6 Å². The minimum absolute atomic E-state index is 0.0213. The number of aromatic nitrogens is 1. The number of aliphatic hydroxyl groups is 1. The van der Waals surface area contributed by atoms with Gasteiger partial charge in [0, 0.05) is 36.6 Å². The van der Waals surface area contributed by atoms with Crippen LogP contribution in [0.3, 0.4) is 0 Å². The summed E-state index contributed by atoms with van der Waals surface area (Å²) in [4.78, 5) is 17.2. The number of H-pyrrole nitrogens is 1. The van der Waals surface area contributed by atoms with Crippen LogP contribution in [0.25, 0.3) is 10.9 Å². The lowest BCUT2D eigenvalue weighted by Crippen LogP contribution is -2.38. The lowest BCUT2D eigenvalue weighted by molar-refractivity contribution is -0.130. The number of hydrogen-bond acceptors (Lipinski definition) is 2. The van der Waals surface area contributed by atoms with Crippen LogP contribution in [0, 0.1) is 11.7 Å². The smallest absolute Gasteiger partial charge is 0.226 e. The quantitative estimate of drug-likeness (QED) is 0.911. The van der Waals surface area contributed by atoms with Gasteiger partial charge in [0.1, 0.15) is 5.82 Å². The number of nitrogens with zero attached hydrogens (tertiary/aromatic N) is 1. The Morgan fingerprint density at radius 2 is 2.17 bits per heavy atom. The molecule has 23 heavy (non-hydrogen) atoms. The summed E-state index contributed by atoms with van der Waals surface area (Å²) in [7, 11) is 1.79. The fraction of sp³-hybridized carbons (Fsp3) is 0.500. The Kier molecular flexibility index (Phi) is 4.66. The van der Waals surface area contributed by atoms with Crippen molar-refractivity contribution in [3.8, 4) is 0 Å². The molecule has 2 atom stereocenters. The highest BCUT2D eigenvalue weighted by molar-refractivity contribution is 5.88. The van der Waals surface area contributed by atoms with Crippen LogP contribution in [0.2, 0.25) is 0 Å². The molecule has 1 aromatic heterocycles. The number of nitrogens with one attached hydrogen (secondary N) is 1. The van der Waals surface area contributed by atoms with E-state index >= 15 is 0 Å². The summed E-state index contributed by atoms with van der Waals surface area (Å²) < 4.78 is 13.2. The first-order valence-electron chi connectivity index (χ1n) is 8.22. The maximum atomic E-state index is 13.2. The number of likely N-dealkylation sites (N-methyl/N-ethyl adjacent to an activating group) is 1. The molecule has 0 bridgehead atoms. The van der Waals surface area contributed by atoms with Gasteiger partial charge in [0.2, 0.25) is 5.91 Å². The monoisotopic (exact) mass is 318 g/mol. The first-order chi connectivity index (χ1) is 11.0. The van der Waals surface area contributed by atoms with E-state index < -0.39 is 0 Å². The zero-order valence-electron chi connectivity index (χ0n) is 13.4. The van der Waals surface area contributed by atoms with Gasteiger partial charge >= 0.3 is 0 Å². The second kappa shape index (κ2) is 6.71. The normalized spacial score (nSPS) is 21.5. The minimum Gasteiger partial charge on any atom is -0.393 e. The van der Waals surface area contributed by atoms with Crippen LogP contribution >= 0.6 is 0 Å². The molecule has 1 aliphatic rings. The Labute approximate surface area is 135 Å². The highest BCUT2D eigenvalue weighted by Crippen LogP contribution is 2.25. The maximum absolute atomic E-state index is 13.2. The number of halogens is 1. The molecule has 2 unspecified atom stereocenters. The van der Waals surface area contributed by atoms with Crippen LogP contribution in [0.15, 0.2) is 24.4 Å². The van der Waals surface area contributed by atoms with Crippen molar-refractivity contribution in [2.45, 2.75) is 38.2 Å². The first kappa shape index (κ1) is 16.0. The number of aliphatic hydroxyl groups excluding tert-OH is 1. The number of carbonyl (C=O) groups excluding carboxylic acids is 1. The van der Waals surface area contributed by atoms with Crippen molar-refractivity contribution in [3.63, 3.8) is 0 Å². The molecule has 1 amide bonds. The summed E-state index contributed by atoms with van der Waals surface area (Å²) in [6.07, 6.45) is 5.76. The van der Waals surface area contributed by atoms with Crippen molar-refractivity contribution in [1.29, 1.82) is 0 Å². The molecule has 1 fully saturated rings. The molecule has 124 valence electrons. The summed E-state index contributed by atoms with van der Waals surface area (Å²) in [6, 6.07) is 4.55. The standard InChI is InChI=1S/C18H23FN2O2/c1-21(11-12-4-2-3-5-17(12)22)18(23)8-13-10-20-16-9-14(19)6-7-15(13)16/h6-7,9-10,12,17,20,22H,2-5,8,11H2,1H3. The van der Waals surface area contributed by atoms with Gasteiger partial charge in [-0.15, -0.1) is 0 Å². The van der Waals surface area contributed by atoms with Crippen LogP contribution in [0.5, 0.6) is 0 Å². The van der Waals surface area contributed by atoms with E-state index in [1.54, 1.807) is 24.2 Å². The van der Waals surface area contributed by atoms with Crippen molar-refractivity contribution in [2.75, 3.05) is 13.6 Å². The van der Waals surface area contributed by atoms with Crippen LogP contribution < -0.4 is 0 Å². The second-order valence-corrected chi connectivity index (χ2v) is 6.57. The average molecular weight is 318 g/mol. The van der Waals surface area contributed by atoms with Gasteiger partial charge in [0.15, 0.2) is 0 Å². The molecule has 0 radical (unpaired) electrons. The van der Waals surface area contributed by atoms with E-state index in [2.05, 4.69) is 4.98 Å². The number of rotatable bonds is 4. The summed E-state index contributed by atoms with van der Waals surface area (Å²) in [5.74, 6) is -0.0941. The Morgan fingerprint density at radius 3 is 2.96 bits per heavy atom. The zero-order valence-corrected chi connectivity index (χ0v) is 13.4. The lowest BCUT2D eigenvalue weighted by atomic mass is 9.86. The molecule has 1 saturated carbocycles. The van der Waals surface area contributed by atoms with Gasteiger partial charge in [-0.3, -0.25) is 4.79 Å². The van der Waals surface area contributed by atoms with Gasteiger partial charge in [-0.05, 0) is 36.6 Å². The molecule has 4 nitrogen and oxygen atoms in total. The van der Waals surface area contributed by atoms with Crippen molar-refractivity contribution in [3.05, 3.63) is 35.8 Å². The van der Waals surface area contributed by atoms with Crippen LogP contribution in [-0.2, 0) is 11.2 Å². The summed E-state index contributed by atoms with van der Waals surface area (Å²) >= 11 is 0. The van der Waals surface area contributed by atoms with E-state index in [4.69, 9.17) is 0 Å². The molecule has 0 saturated heterocycles. The average Bonchev–Trinajstić information content (AvgIpc) is 2.91. The zero-order chi connectivity index (χ0) is 16.4. The molecule has 0 aliphatic heterocycles. The van der Waals surface area contributed by atoms with Crippen LogP contribution in [-0.4, -0.2) is 40.6 Å². The van der Waals surface area contributed by atoms with Crippen LogP contribution in [0.1, 0.15) is 31.2 Å². The molecule has 0 spiro atoms. The number of hydrogen-bond donors (Lipinski definition) is 2. The summed E-state index contributed by atoms with van der Waals surface area (Å²) in [5.41, 5.74) is 1.58. The predicted molar refractivity (Wildman–Crippen MR) is 87.6 cm³/mol. The molecule has 1 heterocycles. The van der Waals surface area contributed by atoms with E-state index in [1.165, 1.54) is 12.1 Å². The molecule has 3 rings (SSSR count). The van der Waals surface area contributed by atoms with E-state index in [0.29, 0.717) is 12.1 Å². The second-order valence-electron chi connectivity index (χ2n) is 6.57. The van der Waals surface area contributed by atoms with E-state index in [1.807, 2.05) is 0 Å². The highest BCUT2D eigenvalue weighted by Gasteiger charge is 2.25. The third-order valence-corrected chi connectivity index (χ3v) is 4.87.